The smallest absolute Gasteiger partial charge is 0.317 e. The number of likely N-dealkylation sites (tertiary alicyclic amines) is 1. The van der Waals surface area contributed by atoms with Crippen LogP contribution in [0.25, 0.3) is 0 Å². The van der Waals surface area contributed by atoms with Crippen LogP contribution in [0, 0.1) is 11.8 Å². The molecule has 2 amide bonds. The third kappa shape index (κ3) is 2.31. The third-order valence-corrected chi connectivity index (χ3v) is 4.58. The van der Waals surface area contributed by atoms with Crippen molar-refractivity contribution in [2.45, 2.75) is 45.1 Å². The van der Waals surface area contributed by atoms with Gasteiger partial charge in [-0.25, -0.2) is 4.79 Å². The zero-order valence-corrected chi connectivity index (χ0v) is 11.1. The lowest BCUT2D eigenvalue weighted by molar-refractivity contribution is -0.142. The molecular weight excluding hydrogens is 232 g/mol. The van der Waals surface area contributed by atoms with Gasteiger partial charge in [0.2, 0.25) is 0 Å². The molecule has 1 saturated heterocycles. The van der Waals surface area contributed by atoms with E-state index in [2.05, 4.69) is 12.2 Å². The van der Waals surface area contributed by atoms with Crippen molar-refractivity contribution in [1.82, 2.24) is 10.2 Å². The quantitative estimate of drug-likeness (QED) is 0.805. The van der Waals surface area contributed by atoms with Gasteiger partial charge in [-0.15, -0.1) is 0 Å². The van der Waals surface area contributed by atoms with Crippen molar-refractivity contribution in [3.8, 4) is 0 Å². The van der Waals surface area contributed by atoms with Crippen molar-refractivity contribution in [2.24, 2.45) is 11.8 Å². The number of amides is 2. The molecule has 18 heavy (non-hydrogen) atoms. The Bertz CT molecular complexity index is 347. The van der Waals surface area contributed by atoms with E-state index in [9.17, 15) is 9.59 Å². The predicted octanol–water partition coefficient (Wildman–Crippen LogP) is 1.68. The van der Waals surface area contributed by atoms with Crippen LogP contribution in [0.5, 0.6) is 0 Å². The molecule has 0 aromatic rings. The zero-order chi connectivity index (χ0) is 13.3. The van der Waals surface area contributed by atoms with Crippen molar-refractivity contribution in [1.29, 1.82) is 0 Å². The minimum atomic E-state index is -0.799. The molecule has 0 radical (unpaired) electrons. The Morgan fingerprint density at radius 1 is 1.39 bits per heavy atom. The SMILES string of the molecule is CCC1(NC(=O)N2C[C@@H](C)[C@H](C(=O)O)C2)CCC1. The van der Waals surface area contributed by atoms with Crippen LogP contribution in [0.3, 0.4) is 0 Å². The van der Waals surface area contributed by atoms with Crippen molar-refractivity contribution < 1.29 is 14.7 Å². The van der Waals surface area contributed by atoms with Crippen LogP contribution >= 0.6 is 0 Å². The summed E-state index contributed by atoms with van der Waals surface area (Å²) in [6.07, 6.45) is 4.20. The van der Waals surface area contributed by atoms with E-state index < -0.39 is 11.9 Å². The highest BCUT2D eigenvalue weighted by atomic mass is 16.4. The second-order valence-corrected chi connectivity index (χ2v) is 5.74. The number of carboxylic acids is 1. The predicted molar refractivity (Wildman–Crippen MR) is 67.3 cm³/mol. The Balaban J connectivity index is 1.93. The number of urea groups is 1. The van der Waals surface area contributed by atoms with E-state index in [1.54, 1.807) is 4.90 Å². The fourth-order valence-electron chi connectivity index (χ4n) is 2.93. The molecule has 0 spiro atoms. The molecular formula is C13H22N2O3. The second-order valence-electron chi connectivity index (χ2n) is 5.74. The highest BCUT2D eigenvalue weighted by Gasteiger charge is 2.41. The minimum Gasteiger partial charge on any atom is -0.481 e. The van der Waals surface area contributed by atoms with E-state index in [1.165, 1.54) is 6.42 Å². The normalized spacial score (nSPS) is 29.8. The van der Waals surface area contributed by atoms with Gasteiger partial charge in [-0.05, 0) is 31.6 Å². The molecule has 0 bridgehead atoms. The molecule has 2 fully saturated rings. The highest BCUT2D eigenvalue weighted by molar-refractivity contribution is 5.78. The molecule has 2 rings (SSSR count). The molecule has 1 saturated carbocycles. The maximum absolute atomic E-state index is 12.1. The van der Waals surface area contributed by atoms with Gasteiger partial charge in [0.25, 0.3) is 0 Å². The molecule has 0 unspecified atom stereocenters. The summed E-state index contributed by atoms with van der Waals surface area (Å²) in [5, 5.41) is 12.2. The van der Waals surface area contributed by atoms with E-state index in [0.717, 1.165) is 19.3 Å². The maximum Gasteiger partial charge on any atom is 0.317 e. The number of aliphatic carboxylic acids is 1. The number of carbonyl (C=O) groups excluding carboxylic acids is 1. The first-order valence-corrected chi connectivity index (χ1v) is 6.77. The van der Waals surface area contributed by atoms with Crippen LogP contribution in [0.1, 0.15) is 39.5 Å². The Labute approximate surface area is 108 Å². The summed E-state index contributed by atoms with van der Waals surface area (Å²) in [5.74, 6) is -1.19. The van der Waals surface area contributed by atoms with Gasteiger partial charge in [-0.1, -0.05) is 13.8 Å². The molecule has 5 nitrogen and oxygen atoms in total. The number of nitrogens with zero attached hydrogens (tertiary/aromatic N) is 1. The maximum atomic E-state index is 12.1. The van der Waals surface area contributed by atoms with Crippen LogP contribution in [-0.2, 0) is 4.79 Å². The molecule has 1 aliphatic carbocycles. The fraction of sp³-hybridized carbons (Fsp3) is 0.846. The van der Waals surface area contributed by atoms with Gasteiger partial charge >= 0.3 is 12.0 Å². The first-order chi connectivity index (χ1) is 8.47. The summed E-state index contributed by atoms with van der Waals surface area (Å²) < 4.78 is 0. The van der Waals surface area contributed by atoms with Crippen molar-refractivity contribution in [3.63, 3.8) is 0 Å². The number of hydrogen-bond acceptors (Lipinski definition) is 2. The standard InChI is InChI=1S/C13H22N2O3/c1-3-13(5-4-6-13)14-12(18)15-7-9(2)10(8-15)11(16)17/h9-10H,3-8H2,1-2H3,(H,14,18)(H,16,17)/t9-,10-/m1/s1. The van der Waals surface area contributed by atoms with Gasteiger partial charge in [0.05, 0.1) is 5.92 Å². The molecule has 0 aromatic carbocycles. The number of nitrogens with one attached hydrogen (secondary N) is 1. The van der Waals surface area contributed by atoms with Gasteiger partial charge in [-0.2, -0.15) is 0 Å². The molecule has 1 heterocycles. The lowest BCUT2D eigenvalue weighted by atomic mass is 9.75. The second kappa shape index (κ2) is 4.78. The van der Waals surface area contributed by atoms with E-state index in [4.69, 9.17) is 5.11 Å². The van der Waals surface area contributed by atoms with Crippen molar-refractivity contribution in [2.75, 3.05) is 13.1 Å². The van der Waals surface area contributed by atoms with Gasteiger partial charge in [0.15, 0.2) is 0 Å². The molecule has 0 aromatic heterocycles. The van der Waals surface area contributed by atoms with Crippen LogP contribution in [0.2, 0.25) is 0 Å². The highest BCUT2D eigenvalue weighted by Crippen LogP contribution is 2.35. The molecule has 2 N–H and O–H groups in total. The average molecular weight is 254 g/mol. The zero-order valence-electron chi connectivity index (χ0n) is 11.1. The van der Waals surface area contributed by atoms with Crippen LogP contribution in [0.15, 0.2) is 0 Å². The number of hydrogen-bond donors (Lipinski definition) is 2. The summed E-state index contributed by atoms with van der Waals surface area (Å²) in [7, 11) is 0. The fourth-order valence-corrected chi connectivity index (χ4v) is 2.93. The lowest BCUT2D eigenvalue weighted by Crippen LogP contribution is -2.56. The van der Waals surface area contributed by atoms with E-state index in [0.29, 0.717) is 13.1 Å². The van der Waals surface area contributed by atoms with Gasteiger partial charge in [0.1, 0.15) is 0 Å². The van der Waals surface area contributed by atoms with Gasteiger partial charge < -0.3 is 15.3 Å². The Morgan fingerprint density at radius 3 is 2.44 bits per heavy atom. The third-order valence-electron chi connectivity index (χ3n) is 4.58. The first kappa shape index (κ1) is 13.2. The topological polar surface area (TPSA) is 69.6 Å². The lowest BCUT2D eigenvalue weighted by Gasteiger charge is -2.42. The van der Waals surface area contributed by atoms with E-state index in [1.807, 2.05) is 6.92 Å². The van der Waals surface area contributed by atoms with E-state index >= 15 is 0 Å². The monoisotopic (exact) mass is 254 g/mol. The summed E-state index contributed by atoms with van der Waals surface area (Å²) >= 11 is 0. The van der Waals surface area contributed by atoms with E-state index in [-0.39, 0.29) is 17.5 Å². The van der Waals surface area contributed by atoms with Crippen LogP contribution in [0.4, 0.5) is 4.79 Å². The van der Waals surface area contributed by atoms with Crippen LogP contribution in [-0.4, -0.2) is 40.6 Å². The molecule has 2 atom stereocenters. The number of carbonyl (C=O) groups is 2. The first-order valence-electron chi connectivity index (χ1n) is 6.77. The Kier molecular flexibility index (Phi) is 3.50. The van der Waals surface area contributed by atoms with Crippen molar-refractivity contribution >= 4 is 12.0 Å². The largest absolute Gasteiger partial charge is 0.481 e. The Hall–Kier alpha value is -1.26. The summed E-state index contributed by atoms with van der Waals surface area (Å²) in [4.78, 5) is 24.8. The molecule has 1 aliphatic heterocycles. The number of carboxylic acid groups (broad SMARTS) is 1. The minimum absolute atomic E-state index is 0.0262. The van der Waals surface area contributed by atoms with Crippen molar-refractivity contribution in [3.05, 3.63) is 0 Å². The summed E-state index contributed by atoms with van der Waals surface area (Å²) in [5.41, 5.74) is -0.0262. The Morgan fingerprint density at radius 2 is 2.06 bits per heavy atom. The molecule has 2 aliphatic rings. The summed E-state index contributed by atoms with van der Waals surface area (Å²) in [6.45, 7) is 4.86. The average Bonchev–Trinajstić information content (AvgIpc) is 2.65. The van der Waals surface area contributed by atoms with Gasteiger partial charge in [0, 0.05) is 18.6 Å². The van der Waals surface area contributed by atoms with Crippen LogP contribution < -0.4 is 5.32 Å². The number of rotatable bonds is 3. The molecule has 102 valence electrons. The summed E-state index contributed by atoms with van der Waals surface area (Å²) in [6, 6.07) is -0.0906. The van der Waals surface area contributed by atoms with Gasteiger partial charge in [-0.3, -0.25) is 4.79 Å². The molecule has 5 heteroatoms.